The smallest absolute Gasteiger partial charge is 0.266 e. The van der Waals surface area contributed by atoms with Crippen LogP contribution in [-0.2, 0) is 11.2 Å². The number of furan rings is 1. The molecule has 0 bridgehead atoms. The van der Waals surface area contributed by atoms with Crippen LogP contribution in [0.2, 0.25) is 0 Å². The van der Waals surface area contributed by atoms with Gasteiger partial charge in [0.2, 0.25) is 17.5 Å². The second-order valence-electron chi connectivity index (χ2n) is 7.78. The molecule has 3 aromatic heterocycles. The minimum absolute atomic E-state index is 0.00175. The summed E-state index contributed by atoms with van der Waals surface area (Å²) >= 11 is 1.79. The van der Waals surface area contributed by atoms with Crippen LogP contribution < -0.4 is 4.90 Å². The van der Waals surface area contributed by atoms with E-state index >= 15 is 0 Å². The van der Waals surface area contributed by atoms with E-state index in [0.717, 1.165) is 25.8 Å². The quantitative estimate of drug-likeness (QED) is 0.628. The van der Waals surface area contributed by atoms with Crippen LogP contribution >= 0.6 is 11.3 Å². The normalized spacial score (nSPS) is 19.5. The maximum Gasteiger partial charge on any atom is 0.266 e. The summed E-state index contributed by atoms with van der Waals surface area (Å²) < 4.78 is 11.2. The summed E-state index contributed by atoms with van der Waals surface area (Å²) in [4.78, 5) is 23.0. The molecule has 1 unspecified atom stereocenters. The fourth-order valence-corrected chi connectivity index (χ4v) is 5.44. The number of rotatable bonds is 3. The predicted octanol–water partition coefficient (Wildman–Crippen LogP) is 4.23. The number of hydrogen-bond acceptors (Lipinski definition) is 7. The molecule has 2 aliphatic heterocycles. The summed E-state index contributed by atoms with van der Waals surface area (Å²) in [7, 11) is 0. The molecule has 0 aromatic carbocycles. The first kappa shape index (κ1) is 18.9. The van der Waals surface area contributed by atoms with Gasteiger partial charge in [-0.1, -0.05) is 0 Å². The standard InChI is InChI=1S/C22H22N4O3S/c1-14-16-7-12-30-19(16)6-10-26(14)21(27)15-4-8-25(9-5-15)22-17(13-23)24-20(29-22)18-3-2-11-28-18/h2-3,7,11-12,14-15H,4-6,8-10H2,1H3. The molecule has 7 nitrogen and oxygen atoms in total. The van der Waals surface area contributed by atoms with Crippen LogP contribution in [0.3, 0.4) is 0 Å². The minimum atomic E-state index is 0.00175. The Balaban J connectivity index is 1.27. The van der Waals surface area contributed by atoms with Gasteiger partial charge in [-0.2, -0.15) is 10.2 Å². The monoisotopic (exact) mass is 422 g/mol. The number of oxazole rings is 1. The summed E-state index contributed by atoms with van der Waals surface area (Å²) in [5, 5.41) is 11.6. The van der Waals surface area contributed by atoms with Crippen LogP contribution in [0.1, 0.15) is 41.9 Å². The summed E-state index contributed by atoms with van der Waals surface area (Å²) in [5.41, 5.74) is 1.55. The lowest BCUT2D eigenvalue weighted by atomic mass is 9.92. The van der Waals surface area contributed by atoms with Gasteiger partial charge in [-0.3, -0.25) is 4.79 Å². The highest BCUT2D eigenvalue weighted by molar-refractivity contribution is 7.10. The van der Waals surface area contributed by atoms with Crippen LogP contribution in [0.4, 0.5) is 5.88 Å². The molecular formula is C22H22N4O3S. The average molecular weight is 423 g/mol. The van der Waals surface area contributed by atoms with Crippen molar-refractivity contribution < 1.29 is 13.6 Å². The van der Waals surface area contributed by atoms with E-state index in [1.807, 2.05) is 9.80 Å². The third-order valence-electron chi connectivity index (χ3n) is 6.14. The number of anilines is 1. The average Bonchev–Trinajstić information content (AvgIpc) is 3.53. The number of nitrogens with zero attached hydrogens (tertiary/aromatic N) is 4. The van der Waals surface area contributed by atoms with Gasteiger partial charge in [0.15, 0.2) is 5.76 Å². The number of nitriles is 1. The van der Waals surface area contributed by atoms with Crippen molar-refractivity contribution in [1.29, 1.82) is 5.26 Å². The van der Waals surface area contributed by atoms with E-state index < -0.39 is 0 Å². The Bertz CT molecular complexity index is 1090. The minimum Gasteiger partial charge on any atom is -0.459 e. The molecule has 1 amide bonds. The first-order chi connectivity index (χ1) is 14.7. The zero-order valence-electron chi connectivity index (χ0n) is 16.7. The van der Waals surface area contributed by atoms with Crippen molar-refractivity contribution in [3.05, 3.63) is 46.0 Å². The molecule has 1 saturated heterocycles. The summed E-state index contributed by atoms with van der Waals surface area (Å²) in [6.45, 7) is 4.23. The Kier molecular flexibility index (Phi) is 4.83. The van der Waals surface area contributed by atoms with Crippen LogP contribution in [0, 0.1) is 17.2 Å². The van der Waals surface area contributed by atoms with Crippen LogP contribution in [-0.4, -0.2) is 35.4 Å². The van der Waals surface area contributed by atoms with Gasteiger partial charge in [0.25, 0.3) is 5.89 Å². The molecule has 0 aliphatic carbocycles. The lowest BCUT2D eigenvalue weighted by molar-refractivity contribution is -0.138. The molecule has 0 spiro atoms. The van der Waals surface area contributed by atoms with E-state index in [1.54, 1.807) is 29.7 Å². The molecule has 154 valence electrons. The van der Waals surface area contributed by atoms with Crippen molar-refractivity contribution in [3.63, 3.8) is 0 Å². The highest BCUT2D eigenvalue weighted by atomic mass is 32.1. The predicted molar refractivity (Wildman–Crippen MR) is 112 cm³/mol. The van der Waals surface area contributed by atoms with Crippen molar-refractivity contribution in [3.8, 4) is 17.7 Å². The Morgan fingerprint density at radius 1 is 1.30 bits per heavy atom. The second-order valence-corrected chi connectivity index (χ2v) is 8.78. The van der Waals surface area contributed by atoms with E-state index in [0.29, 0.717) is 30.6 Å². The molecule has 2 aliphatic rings. The number of aromatic nitrogens is 1. The number of carbonyl (C=O) groups is 1. The van der Waals surface area contributed by atoms with E-state index in [1.165, 1.54) is 10.4 Å². The summed E-state index contributed by atoms with van der Waals surface area (Å²) in [6, 6.07) is 7.90. The summed E-state index contributed by atoms with van der Waals surface area (Å²) in [5.74, 6) is 1.51. The molecule has 5 heterocycles. The second kappa shape index (κ2) is 7.65. The van der Waals surface area contributed by atoms with E-state index in [4.69, 9.17) is 8.83 Å². The Hall–Kier alpha value is -3.05. The highest BCUT2D eigenvalue weighted by Gasteiger charge is 2.35. The number of fused-ring (bicyclic) bond motifs is 1. The maximum atomic E-state index is 13.2. The maximum absolute atomic E-state index is 13.2. The Morgan fingerprint density at radius 3 is 2.87 bits per heavy atom. The molecule has 1 atom stereocenters. The molecule has 1 fully saturated rings. The number of carbonyl (C=O) groups excluding carboxylic acids is 1. The first-order valence-electron chi connectivity index (χ1n) is 10.2. The molecule has 8 heteroatoms. The van der Waals surface area contributed by atoms with Gasteiger partial charge in [0.1, 0.15) is 6.07 Å². The van der Waals surface area contributed by atoms with Crippen molar-refractivity contribution >= 4 is 23.1 Å². The molecule has 0 saturated carbocycles. The van der Waals surface area contributed by atoms with E-state index in [9.17, 15) is 10.1 Å². The van der Waals surface area contributed by atoms with Crippen LogP contribution in [0.15, 0.2) is 38.7 Å². The largest absolute Gasteiger partial charge is 0.459 e. The third kappa shape index (κ3) is 3.19. The van der Waals surface area contributed by atoms with Gasteiger partial charge in [0, 0.05) is 30.4 Å². The van der Waals surface area contributed by atoms with Crippen molar-refractivity contribution in [1.82, 2.24) is 9.88 Å². The molecule has 5 rings (SSSR count). The third-order valence-corrected chi connectivity index (χ3v) is 7.14. The van der Waals surface area contributed by atoms with E-state index in [2.05, 4.69) is 29.4 Å². The zero-order chi connectivity index (χ0) is 20.7. The molecule has 3 aromatic rings. The van der Waals surface area contributed by atoms with E-state index in [-0.39, 0.29) is 23.6 Å². The van der Waals surface area contributed by atoms with Gasteiger partial charge in [-0.05, 0) is 55.3 Å². The van der Waals surface area contributed by atoms with Crippen molar-refractivity contribution in [2.24, 2.45) is 5.92 Å². The Morgan fingerprint density at radius 2 is 2.13 bits per heavy atom. The number of thiophene rings is 1. The first-order valence-corrected chi connectivity index (χ1v) is 11.1. The fraction of sp³-hybridized carbons (Fsp3) is 0.409. The Labute approximate surface area is 178 Å². The van der Waals surface area contributed by atoms with Gasteiger partial charge >= 0.3 is 0 Å². The lowest BCUT2D eigenvalue weighted by Crippen LogP contribution is -2.45. The molecule has 30 heavy (non-hydrogen) atoms. The van der Waals surface area contributed by atoms with Gasteiger partial charge in [0.05, 0.1) is 12.3 Å². The number of amides is 1. The van der Waals surface area contributed by atoms with Gasteiger partial charge in [-0.25, -0.2) is 0 Å². The molecular weight excluding hydrogens is 400 g/mol. The number of hydrogen-bond donors (Lipinski definition) is 0. The highest BCUT2D eigenvalue weighted by Crippen LogP contribution is 2.36. The van der Waals surface area contributed by atoms with Crippen molar-refractivity contribution in [2.75, 3.05) is 24.5 Å². The summed E-state index contributed by atoms with van der Waals surface area (Å²) in [6.07, 6.45) is 3.96. The van der Waals surface area contributed by atoms with Gasteiger partial charge in [-0.15, -0.1) is 11.3 Å². The lowest BCUT2D eigenvalue weighted by Gasteiger charge is -2.38. The zero-order valence-corrected chi connectivity index (χ0v) is 17.5. The van der Waals surface area contributed by atoms with Crippen LogP contribution in [0.5, 0.6) is 0 Å². The fourth-order valence-electron chi connectivity index (χ4n) is 4.48. The van der Waals surface area contributed by atoms with Crippen LogP contribution in [0.25, 0.3) is 11.7 Å². The molecule has 0 radical (unpaired) electrons. The number of piperidine rings is 1. The van der Waals surface area contributed by atoms with Crippen molar-refractivity contribution in [2.45, 2.75) is 32.2 Å². The van der Waals surface area contributed by atoms with Gasteiger partial charge < -0.3 is 18.6 Å². The SMILES string of the molecule is CC1c2ccsc2CCN1C(=O)C1CCN(c2oc(-c3ccco3)nc2C#N)CC1. The molecule has 0 N–H and O–H groups in total. The topological polar surface area (TPSA) is 86.5 Å².